The number of hydrogen-bond donors (Lipinski definition) is 2. The zero-order valence-electron chi connectivity index (χ0n) is 12.0. The molecule has 0 amide bonds. The summed E-state index contributed by atoms with van der Waals surface area (Å²) in [5.74, 6) is -0.521. The molecule has 112 valence electrons. The van der Waals surface area contributed by atoms with Gasteiger partial charge in [0.2, 0.25) is 0 Å². The third kappa shape index (κ3) is 3.68. The Bertz CT molecular complexity index is 630. The standard InChI is InChI=1S/C15H18N2O4/c1-20-9-11(21-2)8-16-14-12-6-4-3-5-10(12)7-13(17-14)15(18)19/h3-7,11H,8-9H2,1-2H3,(H,16,17)(H,18,19). The van der Waals surface area contributed by atoms with Crippen molar-refractivity contribution in [2.45, 2.75) is 6.10 Å². The van der Waals surface area contributed by atoms with Crippen molar-refractivity contribution in [3.8, 4) is 0 Å². The summed E-state index contributed by atoms with van der Waals surface area (Å²) >= 11 is 0. The first-order chi connectivity index (χ1) is 10.2. The fourth-order valence-electron chi connectivity index (χ4n) is 2.05. The first-order valence-corrected chi connectivity index (χ1v) is 6.54. The van der Waals surface area contributed by atoms with E-state index < -0.39 is 5.97 Å². The number of aromatic carboxylic acids is 1. The average molecular weight is 290 g/mol. The number of benzene rings is 1. The maximum Gasteiger partial charge on any atom is 0.354 e. The van der Waals surface area contributed by atoms with Gasteiger partial charge in [0, 0.05) is 26.2 Å². The molecule has 0 radical (unpaired) electrons. The molecular weight excluding hydrogens is 272 g/mol. The number of aromatic nitrogens is 1. The molecule has 2 rings (SSSR count). The highest BCUT2D eigenvalue weighted by atomic mass is 16.5. The van der Waals surface area contributed by atoms with Gasteiger partial charge < -0.3 is 19.9 Å². The minimum Gasteiger partial charge on any atom is -0.477 e. The number of nitrogens with one attached hydrogen (secondary N) is 1. The van der Waals surface area contributed by atoms with Crippen molar-refractivity contribution in [2.24, 2.45) is 0 Å². The summed E-state index contributed by atoms with van der Waals surface area (Å²) < 4.78 is 10.3. The van der Waals surface area contributed by atoms with Gasteiger partial charge in [0.05, 0.1) is 12.7 Å². The summed E-state index contributed by atoms with van der Waals surface area (Å²) in [6, 6.07) is 9.07. The summed E-state index contributed by atoms with van der Waals surface area (Å²) in [6.07, 6.45) is -0.135. The zero-order chi connectivity index (χ0) is 15.2. The number of rotatable bonds is 7. The molecule has 21 heavy (non-hydrogen) atoms. The van der Waals surface area contributed by atoms with Crippen LogP contribution in [0.1, 0.15) is 10.5 Å². The lowest BCUT2D eigenvalue weighted by molar-refractivity contribution is 0.0365. The smallest absolute Gasteiger partial charge is 0.354 e. The quantitative estimate of drug-likeness (QED) is 0.812. The maximum atomic E-state index is 11.2. The van der Waals surface area contributed by atoms with Crippen LogP contribution in [0.3, 0.4) is 0 Å². The first-order valence-electron chi connectivity index (χ1n) is 6.54. The van der Waals surface area contributed by atoms with E-state index in [9.17, 15) is 4.79 Å². The second kappa shape index (κ2) is 7.01. The number of methoxy groups -OCH3 is 2. The Labute approximate surface area is 122 Å². The fourth-order valence-corrected chi connectivity index (χ4v) is 2.05. The number of fused-ring (bicyclic) bond motifs is 1. The highest BCUT2D eigenvalue weighted by Crippen LogP contribution is 2.22. The Morgan fingerprint density at radius 2 is 2.14 bits per heavy atom. The normalized spacial score (nSPS) is 12.3. The molecule has 1 atom stereocenters. The van der Waals surface area contributed by atoms with E-state index in [4.69, 9.17) is 14.6 Å². The van der Waals surface area contributed by atoms with Crippen molar-refractivity contribution in [1.82, 2.24) is 4.98 Å². The largest absolute Gasteiger partial charge is 0.477 e. The van der Waals surface area contributed by atoms with E-state index in [1.54, 1.807) is 20.3 Å². The maximum absolute atomic E-state index is 11.2. The third-order valence-electron chi connectivity index (χ3n) is 3.14. The number of ether oxygens (including phenoxy) is 2. The predicted octanol–water partition coefficient (Wildman–Crippen LogP) is 2.01. The van der Waals surface area contributed by atoms with Gasteiger partial charge in [-0.1, -0.05) is 24.3 Å². The predicted molar refractivity (Wildman–Crippen MR) is 79.9 cm³/mol. The van der Waals surface area contributed by atoms with E-state index in [2.05, 4.69) is 10.3 Å². The van der Waals surface area contributed by atoms with E-state index in [1.807, 2.05) is 24.3 Å². The van der Waals surface area contributed by atoms with Crippen molar-refractivity contribution in [2.75, 3.05) is 32.7 Å². The molecule has 0 aliphatic rings. The van der Waals surface area contributed by atoms with Crippen LogP contribution in [0, 0.1) is 0 Å². The van der Waals surface area contributed by atoms with E-state index in [1.165, 1.54) is 0 Å². The summed E-state index contributed by atoms with van der Waals surface area (Å²) in [5, 5.41) is 14.0. The third-order valence-corrected chi connectivity index (χ3v) is 3.14. The molecule has 0 saturated carbocycles. The van der Waals surface area contributed by atoms with E-state index in [0.29, 0.717) is 19.0 Å². The van der Waals surface area contributed by atoms with Gasteiger partial charge in [-0.25, -0.2) is 9.78 Å². The van der Waals surface area contributed by atoms with Gasteiger partial charge in [-0.3, -0.25) is 0 Å². The molecule has 0 bridgehead atoms. The topological polar surface area (TPSA) is 80.7 Å². The number of nitrogens with zero attached hydrogens (tertiary/aromatic N) is 1. The van der Waals surface area contributed by atoms with Gasteiger partial charge in [0.15, 0.2) is 5.69 Å². The van der Waals surface area contributed by atoms with Gasteiger partial charge in [-0.2, -0.15) is 0 Å². The molecule has 2 aromatic rings. The van der Waals surface area contributed by atoms with Crippen LogP contribution in [-0.4, -0.2) is 49.5 Å². The Morgan fingerprint density at radius 3 is 2.81 bits per heavy atom. The number of carbonyl (C=O) groups is 1. The van der Waals surface area contributed by atoms with Gasteiger partial charge in [-0.05, 0) is 11.5 Å². The lowest BCUT2D eigenvalue weighted by Gasteiger charge is -2.16. The van der Waals surface area contributed by atoms with Crippen LogP contribution in [0.15, 0.2) is 30.3 Å². The fraction of sp³-hybridized carbons (Fsp3) is 0.333. The van der Waals surface area contributed by atoms with Gasteiger partial charge in [0.1, 0.15) is 5.82 Å². The molecule has 1 unspecified atom stereocenters. The van der Waals surface area contributed by atoms with Gasteiger partial charge in [-0.15, -0.1) is 0 Å². The van der Waals surface area contributed by atoms with Gasteiger partial charge in [0.25, 0.3) is 0 Å². The minimum atomic E-state index is -1.05. The van der Waals surface area contributed by atoms with Crippen molar-refractivity contribution in [3.63, 3.8) is 0 Å². The van der Waals surface area contributed by atoms with Gasteiger partial charge >= 0.3 is 5.97 Å². The summed E-state index contributed by atoms with van der Waals surface area (Å²) in [6.45, 7) is 0.921. The average Bonchev–Trinajstić information content (AvgIpc) is 2.50. The Morgan fingerprint density at radius 1 is 1.38 bits per heavy atom. The number of anilines is 1. The number of carboxylic acids is 1. The van der Waals surface area contributed by atoms with Crippen molar-refractivity contribution >= 4 is 22.6 Å². The van der Waals surface area contributed by atoms with Crippen LogP contribution >= 0.6 is 0 Å². The minimum absolute atomic E-state index is 0.0110. The monoisotopic (exact) mass is 290 g/mol. The molecule has 1 aromatic heterocycles. The van der Waals surface area contributed by atoms with Crippen LogP contribution < -0.4 is 5.32 Å². The molecule has 1 heterocycles. The van der Waals surface area contributed by atoms with E-state index in [0.717, 1.165) is 10.8 Å². The van der Waals surface area contributed by atoms with E-state index in [-0.39, 0.29) is 11.8 Å². The van der Waals surface area contributed by atoms with Crippen LogP contribution in [-0.2, 0) is 9.47 Å². The van der Waals surface area contributed by atoms with Crippen LogP contribution in [0.2, 0.25) is 0 Å². The molecule has 0 fully saturated rings. The Hall–Kier alpha value is -2.18. The second-order valence-corrected chi connectivity index (χ2v) is 4.58. The highest BCUT2D eigenvalue weighted by molar-refractivity contribution is 5.97. The Kier molecular flexibility index (Phi) is 5.08. The summed E-state index contributed by atoms with van der Waals surface area (Å²) in [4.78, 5) is 15.3. The summed E-state index contributed by atoms with van der Waals surface area (Å²) in [5.41, 5.74) is 0.0110. The lowest BCUT2D eigenvalue weighted by Crippen LogP contribution is -2.27. The molecule has 2 N–H and O–H groups in total. The number of pyridine rings is 1. The molecule has 0 aliphatic carbocycles. The first kappa shape index (κ1) is 15.2. The second-order valence-electron chi connectivity index (χ2n) is 4.58. The highest BCUT2D eigenvalue weighted by Gasteiger charge is 2.12. The molecule has 0 aliphatic heterocycles. The van der Waals surface area contributed by atoms with Crippen LogP contribution in [0.4, 0.5) is 5.82 Å². The SMILES string of the molecule is COCC(CNc1nc(C(=O)O)cc2ccccc12)OC. The molecule has 6 nitrogen and oxygen atoms in total. The lowest BCUT2D eigenvalue weighted by atomic mass is 10.1. The molecule has 6 heteroatoms. The number of hydrogen-bond acceptors (Lipinski definition) is 5. The molecule has 0 spiro atoms. The van der Waals surface area contributed by atoms with Crippen molar-refractivity contribution in [3.05, 3.63) is 36.0 Å². The Balaban J connectivity index is 2.30. The molecule has 0 saturated heterocycles. The van der Waals surface area contributed by atoms with Crippen molar-refractivity contribution < 1.29 is 19.4 Å². The zero-order valence-corrected chi connectivity index (χ0v) is 12.0. The molecular formula is C15H18N2O4. The van der Waals surface area contributed by atoms with E-state index >= 15 is 0 Å². The number of carboxylic acid groups (broad SMARTS) is 1. The molecule has 1 aromatic carbocycles. The van der Waals surface area contributed by atoms with Crippen LogP contribution in [0.25, 0.3) is 10.8 Å². The summed E-state index contributed by atoms with van der Waals surface area (Å²) in [7, 11) is 3.20. The van der Waals surface area contributed by atoms with Crippen molar-refractivity contribution in [1.29, 1.82) is 0 Å². The van der Waals surface area contributed by atoms with Crippen LogP contribution in [0.5, 0.6) is 0 Å².